The lowest BCUT2D eigenvalue weighted by Gasteiger charge is -2.05. The standard InChI is InChI=1S/C9H9N3O4/c1-6(13)11-9-3-2-8(12(15)16)4-7(9)5-10-14/h2-5,14H,1H3,(H,11,13)/b10-5+. The molecule has 0 aromatic heterocycles. The first-order chi connectivity index (χ1) is 7.54. The summed E-state index contributed by atoms with van der Waals surface area (Å²) in [4.78, 5) is 20.8. The fourth-order valence-corrected chi connectivity index (χ4v) is 1.14. The number of benzene rings is 1. The van der Waals surface area contributed by atoms with Gasteiger partial charge < -0.3 is 10.5 Å². The highest BCUT2D eigenvalue weighted by Crippen LogP contribution is 2.20. The van der Waals surface area contributed by atoms with Crippen molar-refractivity contribution in [3.63, 3.8) is 0 Å². The third-order valence-electron chi connectivity index (χ3n) is 1.75. The Morgan fingerprint density at radius 3 is 2.81 bits per heavy atom. The Hall–Kier alpha value is -2.44. The van der Waals surface area contributed by atoms with Gasteiger partial charge in [0.2, 0.25) is 5.91 Å². The Kier molecular flexibility index (Phi) is 3.54. The Morgan fingerprint density at radius 2 is 2.31 bits per heavy atom. The van der Waals surface area contributed by atoms with Gasteiger partial charge >= 0.3 is 0 Å². The van der Waals surface area contributed by atoms with Crippen molar-refractivity contribution in [2.75, 3.05) is 5.32 Å². The van der Waals surface area contributed by atoms with Crippen LogP contribution in [0, 0.1) is 10.1 Å². The average Bonchev–Trinajstić information content (AvgIpc) is 2.20. The van der Waals surface area contributed by atoms with E-state index in [0.29, 0.717) is 5.69 Å². The highest BCUT2D eigenvalue weighted by Gasteiger charge is 2.10. The summed E-state index contributed by atoms with van der Waals surface area (Å²) in [5, 5.41) is 24.1. The van der Waals surface area contributed by atoms with Crippen molar-refractivity contribution >= 4 is 23.5 Å². The highest BCUT2D eigenvalue weighted by molar-refractivity contribution is 5.96. The summed E-state index contributed by atoms with van der Waals surface area (Å²) in [6.07, 6.45) is 1.01. The molecule has 0 unspecified atom stereocenters. The van der Waals surface area contributed by atoms with Gasteiger partial charge in [0.25, 0.3) is 5.69 Å². The summed E-state index contributed by atoms with van der Waals surface area (Å²) in [5.74, 6) is -0.318. The molecule has 7 heteroatoms. The lowest BCUT2D eigenvalue weighted by molar-refractivity contribution is -0.384. The van der Waals surface area contributed by atoms with Crippen LogP contribution in [0.25, 0.3) is 0 Å². The van der Waals surface area contributed by atoms with Gasteiger partial charge in [-0.3, -0.25) is 14.9 Å². The molecule has 0 bridgehead atoms. The molecule has 0 saturated heterocycles. The highest BCUT2D eigenvalue weighted by atomic mass is 16.6. The zero-order valence-electron chi connectivity index (χ0n) is 8.38. The molecule has 0 aliphatic heterocycles. The normalized spacial score (nSPS) is 10.3. The first-order valence-corrected chi connectivity index (χ1v) is 4.28. The summed E-state index contributed by atoms with van der Waals surface area (Å²) in [5.41, 5.74) is 0.451. The number of carbonyl (C=O) groups is 1. The SMILES string of the molecule is CC(=O)Nc1ccc([N+](=O)[O-])cc1/C=N/O. The molecule has 1 aromatic rings. The second kappa shape index (κ2) is 4.87. The van der Waals surface area contributed by atoms with E-state index < -0.39 is 4.92 Å². The fraction of sp³-hybridized carbons (Fsp3) is 0.111. The topological polar surface area (TPSA) is 105 Å². The molecule has 1 aromatic carbocycles. The summed E-state index contributed by atoms with van der Waals surface area (Å²) in [6, 6.07) is 3.82. The van der Waals surface area contributed by atoms with Crippen LogP contribution < -0.4 is 5.32 Å². The molecule has 0 aliphatic carbocycles. The maximum Gasteiger partial charge on any atom is 0.270 e. The third kappa shape index (κ3) is 2.77. The van der Waals surface area contributed by atoms with E-state index in [-0.39, 0.29) is 17.2 Å². The lowest BCUT2D eigenvalue weighted by Crippen LogP contribution is -2.08. The van der Waals surface area contributed by atoms with Crippen LogP contribution >= 0.6 is 0 Å². The summed E-state index contributed by atoms with van der Waals surface area (Å²) in [7, 11) is 0. The zero-order valence-corrected chi connectivity index (χ0v) is 8.38. The molecule has 0 atom stereocenters. The number of nitro benzene ring substituents is 1. The van der Waals surface area contributed by atoms with E-state index in [0.717, 1.165) is 6.21 Å². The number of nitrogens with zero attached hydrogens (tertiary/aromatic N) is 2. The van der Waals surface area contributed by atoms with Gasteiger partial charge in [-0.2, -0.15) is 0 Å². The molecule has 2 N–H and O–H groups in total. The molecule has 16 heavy (non-hydrogen) atoms. The number of oxime groups is 1. The van der Waals surface area contributed by atoms with E-state index in [1.807, 2.05) is 0 Å². The number of hydrogen-bond acceptors (Lipinski definition) is 5. The van der Waals surface area contributed by atoms with E-state index in [4.69, 9.17) is 5.21 Å². The lowest BCUT2D eigenvalue weighted by atomic mass is 10.1. The maximum atomic E-state index is 10.8. The average molecular weight is 223 g/mol. The number of hydrogen-bond donors (Lipinski definition) is 2. The molecule has 0 aliphatic rings. The van der Waals surface area contributed by atoms with Gasteiger partial charge in [0.15, 0.2) is 0 Å². The minimum Gasteiger partial charge on any atom is -0.411 e. The number of nitrogens with one attached hydrogen (secondary N) is 1. The molecule has 0 radical (unpaired) electrons. The largest absolute Gasteiger partial charge is 0.411 e. The maximum absolute atomic E-state index is 10.8. The van der Waals surface area contributed by atoms with Gasteiger partial charge in [0.05, 0.1) is 16.8 Å². The quantitative estimate of drug-likeness (QED) is 0.349. The van der Waals surface area contributed by atoms with E-state index in [1.54, 1.807) is 0 Å². The monoisotopic (exact) mass is 223 g/mol. The van der Waals surface area contributed by atoms with Crippen LogP contribution in [0.2, 0.25) is 0 Å². The van der Waals surface area contributed by atoms with Crippen LogP contribution in [0.3, 0.4) is 0 Å². The van der Waals surface area contributed by atoms with Gasteiger partial charge in [-0.15, -0.1) is 0 Å². The first-order valence-electron chi connectivity index (χ1n) is 4.28. The van der Waals surface area contributed by atoms with E-state index >= 15 is 0 Å². The van der Waals surface area contributed by atoms with Crippen LogP contribution in [0.1, 0.15) is 12.5 Å². The molecular weight excluding hydrogens is 214 g/mol. The van der Waals surface area contributed by atoms with Crippen LogP contribution in [0.5, 0.6) is 0 Å². The van der Waals surface area contributed by atoms with Gasteiger partial charge in [-0.25, -0.2) is 0 Å². The van der Waals surface area contributed by atoms with Gasteiger partial charge in [-0.05, 0) is 6.07 Å². The van der Waals surface area contributed by atoms with Gasteiger partial charge in [0, 0.05) is 24.6 Å². The second-order valence-electron chi connectivity index (χ2n) is 2.95. The van der Waals surface area contributed by atoms with Crippen molar-refractivity contribution in [3.8, 4) is 0 Å². The Labute approximate surface area is 90.5 Å². The van der Waals surface area contributed by atoms with Crippen LogP contribution in [0.15, 0.2) is 23.4 Å². The van der Waals surface area contributed by atoms with Crippen molar-refractivity contribution in [3.05, 3.63) is 33.9 Å². The predicted octanol–water partition coefficient (Wildman–Crippen LogP) is 1.36. The Balaban J connectivity index is 3.18. The van der Waals surface area contributed by atoms with E-state index in [9.17, 15) is 14.9 Å². The molecule has 0 saturated carbocycles. The minimum absolute atomic E-state index is 0.149. The predicted molar refractivity (Wildman–Crippen MR) is 56.8 cm³/mol. The molecule has 0 fully saturated rings. The van der Waals surface area contributed by atoms with Crippen molar-refractivity contribution in [1.82, 2.24) is 0 Å². The summed E-state index contributed by atoms with van der Waals surface area (Å²) in [6.45, 7) is 1.31. The zero-order chi connectivity index (χ0) is 12.1. The second-order valence-corrected chi connectivity index (χ2v) is 2.95. The van der Waals surface area contributed by atoms with E-state index in [1.165, 1.54) is 25.1 Å². The van der Waals surface area contributed by atoms with Gasteiger partial charge in [-0.1, -0.05) is 5.16 Å². The van der Waals surface area contributed by atoms with Crippen molar-refractivity contribution < 1.29 is 14.9 Å². The number of nitro groups is 1. The number of anilines is 1. The van der Waals surface area contributed by atoms with Crippen LogP contribution in [-0.2, 0) is 4.79 Å². The smallest absolute Gasteiger partial charge is 0.270 e. The molecule has 84 valence electrons. The van der Waals surface area contributed by atoms with Crippen LogP contribution in [-0.4, -0.2) is 22.3 Å². The Morgan fingerprint density at radius 1 is 1.62 bits per heavy atom. The Bertz CT molecular complexity index is 456. The third-order valence-corrected chi connectivity index (χ3v) is 1.75. The number of carbonyl (C=O) groups excluding carboxylic acids is 1. The van der Waals surface area contributed by atoms with Crippen molar-refractivity contribution in [1.29, 1.82) is 0 Å². The number of non-ortho nitro benzene ring substituents is 1. The van der Waals surface area contributed by atoms with Crippen LogP contribution in [0.4, 0.5) is 11.4 Å². The molecule has 7 nitrogen and oxygen atoms in total. The molecular formula is C9H9N3O4. The van der Waals surface area contributed by atoms with E-state index in [2.05, 4.69) is 10.5 Å². The van der Waals surface area contributed by atoms with Gasteiger partial charge in [0.1, 0.15) is 0 Å². The molecule has 0 heterocycles. The van der Waals surface area contributed by atoms with Crippen molar-refractivity contribution in [2.24, 2.45) is 5.16 Å². The molecule has 1 rings (SSSR count). The first kappa shape index (κ1) is 11.6. The number of amides is 1. The minimum atomic E-state index is -0.577. The fourth-order valence-electron chi connectivity index (χ4n) is 1.14. The summed E-state index contributed by atoms with van der Waals surface area (Å²) >= 11 is 0. The van der Waals surface area contributed by atoms with Crippen molar-refractivity contribution in [2.45, 2.75) is 6.92 Å². The summed E-state index contributed by atoms with van der Waals surface area (Å²) < 4.78 is 0. The molecule has 0 spiro atoms. The molecule has 1 amide bonds. The number of rotatable bonds is 3.